The first-order chi connectivity index (χ1) is 9.43. The maximum Gasteiger partial charge on any atom is 0.416 e. The summed E-state index contributed by atoms with van der Waals surface area (Å²) in [7, 11) is 0. The minimum atomic E-state index is -4.33. The van der Waals surface area contributed by atoms with Crippen LogP contribution in [0, 0.1) is 0 Å². The zero-order valence-corrected chi connectivity index (χ0v) is 11.6. The minimum Gasteiger partial charge on any atom is -0.369 e. The molecule has 1 unspecified atom stereocenters. The van der Waals surface area contributed by atoms with Crippen molar-refractivity contribution in [3.05, 3.63) is 28.8 Å². The Labute approximate surface area is 120 Å². The van der Waals surface area contributed by atoms with E-state index in [4.69, 9.17) is 11.6 Å². The molecular formula is C14H16ClF3N2. The van der Waals surface area contributed by atoms with Gasteiger partial charge in [0.25, 0.3) is 0 Å². The Morgan fingerprint density at radius 3 is 2.55 bits per heavy atom. The molecule has 0 amide bonds. The summed E-state index contributed by atoms with van der Waals surface area (Å²) in [5, 5.41) is 3.89. The van der Waals surface area contributed by atoms with Crippen LogP contribution in [0.4, 0.5) is 18.9 Å². The fourth-order valence-corrected chi connectivity index (χ4v) is 2.87. The Balaban J connectivity index is 1.75. The molecule has 2 nitrogen and oxygen atoms in total. The van der Waals surface area contributed by atoms with Gasteiger partial charge in [-0.1, -0.05) is 11.6 Å². The van der Waals surface area contributed by atoms with Crippen LogP contribution in [0.3, 0.4) is 0 Å². The summed E-state index contributed by atoms with van der Waals surface area (Å²) in [6, 6.07) is 4.48. The number of anilines is 1. The van der Waals surface area contributed by atoms with Gasteiger partial charge in [-0.25, -0.2) is 0 Å². The summed E-state index contributed by atoms with van der Waals surface area (Å²) in [6.45, 7) is 1.46. The van der Waals surface area contributed by atoms with Crippen molar-refractivity contribution >= 4 is 17.3 Å². The molecular weight excluding hydrogens is 289 g/mol. The Bertz CT molecular complexity index is 500. The van der Waals surface area contributed by atoms with Gasteiger partial charge >= 0.3 is 6.18 Å². The highest BCUT2D eigenvalue weighted by molar-refractivity contribution is 6.33. The molecule has 2 fully saturated rings. The van der Waals surface area contributed by atoms with Crippen molar-refractivity contribution in [2.45, 2.75) is 37.5 Å². The fraction of sp³-hybridized carbons (Fsp3) is 0.571. The van der Waals surface area contributed by atoms with Crippen LogP contribution in [0.15, 0.2) is 18.2 Å². The van der Waals surface area contributed by atoms with E-state index in [1.165, 1.54) is 18.9 Å². The first-order valence-electron chi connectivity index (χ1n) is 6.81. The number of hydrogen-bond donors (Lipinski definition) is 1. The second-order valence-corrected chi connectivity index (χ2v) is 5.94. The van der Waals surface area contributed by atoms with E-state index in [-0.39, 0.29) is 0 Å². The molecule has 1 aromatic rings. The van der Waals surface area contributed by atoms with Crippen LogP contribution in [0.25, 0.3) is 0 Å². The molecule has 1 saturated carbocycles. The predicted octanol–water partition coefficient (Wildman–Crippen LogP) is 3.69. The van der Waals surface area contributed by atoms with Gasteiger partial charge in [-0.3, -0.25) is 0 Å². The average molecular weight is 305 g/mol. The highest BCUT2D eigenvalue weighted by Gasteiger charge is 2.33. The van der Waals surface area contributed by atoms with Crippen molar-refractivity contribution in [1.29, 1.82) is 0 Å². The first kappa shape index (κ1) is 14.0. The largest absolute Gasteiger partial charge is 0.416 e. The number of nitrogens with zero attached hydrogens (tertiary/aromatic N) is 1. The summed E-state index contributed by atoms with van der Waals surface area (Å²) in [6.07, 6.45) is -0.963. The summed E-state index contributed by atoms with van der Waals surface area (Å²) in [5.41, 5.74) is -0.155. The number of hydrogen-bond acceptors (Lipinski definition) is 2. The number of benzene rings is 1. The van der Waals surface area contributed by atoms with E-state index in [2.05, 4.69) is 5.32 Å². The summed E-state index contributed by atoms with van der Waals surface area (Å²) >= 11 is 6.06. The van der Waals surface area contributed by atoms with Gasteiger partial charge in [-0.05, 0) is 37.5 Å². The zero-order valence-electron chi connectivity index (χ0n) is 10.9. The number of alkyl halides is 3. The summed E-state index contributed by atoms with van der Waals surface area (Å²) in [4.78, 5) is 1.94. The van der Waals surface area contributed by atoms with Gasteiger partial charge in [-0.15, -0.1) is 0 Å². The van der Waals surface area contributed by atoms with Crippen LogP contribution in [-0.2, 0) is 6.18 Å². The standard InChI is InChI=1S/C14H16ClF3N2/c15-12-4-1-9(14(16,17)18)7-13(12)20-6-5-11(8-20)19-10-2-3-10/h1,4,7,10-11,19H,2-3,5-6,8H2. The molecule has 1 aromatic carbocycles. The lowest BCUT2D eigenvalue weighted by Gasteiger charge is -2.21. The van der Waals surface area contributed by atoms with E-state index in [0.717, 1.165) is 31.6 Å². The third-order valence-corrected chi connectivity index (χ3v) is 4.17. The van der Waals surface area contributed by atoms with E-state index in [0.29, 0.717) is 22.8 Å². The van der Waals surface area contributed by atoms with Gasteiger partial charge in [0, 0.05) is 25.2 Å². The van der Waals surface area contributed by atoms with Crippen LogP contribution in [-0.4, -0.2) is 25.2 Å². The molecule has 0 bridgehead atoms. The van der Waals surface area contributed by atoms with Gasteiger partial charge in [0.15, 0.2) is 0 Å². The molecule has 110 valence electrons. The van der Waals surface area contributed by atoms with Crippen LogP contribution >= 0.6 is 11.6 Å². The lowest BCUT2D eigenvalue weighted by molar-refractivity contribution is -0.137. The molecule has 1 atom stereocenters. The molecule has 1 aliphatic heterocycles. The van der Waals surface area contributed by atoms with Gasteiger partial charge in [0.1, 0.15) is 0 Å². The minimum absolute atomic E-state index is 0.355. The summed E-state index contributed by atoms with van der Waals surface area (Å²) in [5.74, 6) is 0. The lowest BCUT2D eigenvalue weighted by atomic mass is 10.2. The zero-order chi connectivity index (χ0) is 14.3. The molecule has 1 aliphatic carbocycles. The Kier molecular flexibility index (Phi) is 3.58. The third kappa shape index (κ3) is 3.04. The van der Waals surface area contributed by atoms with E-state index < -0.39 is 11.7 Å². The molecule has 1 heterocycles. The predicted molar refractivity (Wildman–Crippen MR) is 73.2 cm³/mol. The number of nitrogens with one attached hydrogen (secondary N) is 1. The van der Waals surface area contributed by atoms with Crippen LogP contribution < -0.4 is 10.2 Å². The average Bonchev–Trinajstić information content (AvgIpc) is 3.05. The second-order valence-electron chi connectivity index (χ2n) is 5.54. The fourth-order valence-electron chi connectivity index (χ4n) is 2.63. The van der Waals surface area contributed by atoms with Crippen molar-refractivity contribution in [3.63, 3.8) is 0 Å². The smallest absolute Gasteiger partial charge is 0.369 e. The number of halogens is 4. The number of rotatable bonds is 3. The van der Waals surface area contributed by atoms with Gasteiger partial charge in [0.2, 0.25) is 0 Å². The summed E-state index contributed by atoms with van der Waals surface area (Å²) < 4.78 is 38.3. The van der Waals surface area contributed by atoms with Gasteiger partial charge < -0.3 is 10.2 Å². The van der Waals surface area contributed by atoms with E-state index >= 15 is 0 Å². The Morgan fingerprint density at radius 2 is 1.90 bits per heavy atom. The van der Waals surface area contributed by atoms with E-state index in [9.17, 15) is 13.2 Å². The molecule has 0 radical (unpaired) electrons. The topological polar surface area (TPSA) is 15.3 Å². The van der Waals surface area contributed by atoms with Crippen molar-refractivity contribution in [3.8, 4) is 0 Å². The Hall–Kier alpha value is -0.940. The van der Waals surface area contributed by atoms with Gasteiger partial charge in [0.05, 0.1) is 16.3 Å². The van der Waals surface area contributed by atoms with E-state index in [1.807, 2.05) is 4.90 Å². The highest BCUT2D eigenvalue weighted by Crippen LogP contribution is 2.36. The molecule has 6 heteroatoms. The quantitative estimate of drug-likeness (QED) is 0.916. The third-order valence-electron chi connectivity index (χ3n) is 3.85. The van der Waals surface area contributed by atoms with Crippen LogP contribution in [0.1, 0.15) is 24.8 Å². The maximum atomic E-state index is 12.8. The molecule has 2 aliphatic rings. The molecule has 0 aromatic heterocycles. The van der Waals surface area contributed by atoms with Gasteiger partial charge in [-0.2, -0.15) is 13.2 Å². The maximum absolute atomic E-state index is 12.8. The molecule has 1 saturated heterocycles. The highest BCUT2D eigenvalue weighted by atomic mass is 35.5. The molecule has 3 rings (SSSR count). The molecule has 20 heavy (non-hydrogen) atoms. The van der Waals surface area contributed by atoms with Crippen LogP contribution in [0.2, 0.25) is 5.02 Å². The van der Waals surface area contributed by atoms with Crippen molar-refractivity contribution in [2.24, 2.45) is 0 Å². The second kappa shape index (κ2) is 5.11. The molecule has 1 N–H and O–H groups in total. The SMILES string of the molecule is FC(F)(F)c1ccc(Cl)c(N2CCC(NC3CC3)C2)c1. The lowest BCUT2D eigenvalue weighted by Crippen LogP contribution is -2.34. The Morgan fingerprint density at radius 1 is 1.15 bits per heavy atom. The van der Waals surface area contributed by atoms with Crippen molar-refractivity contribution in [1.82, 2.24) is 5.32 Å². The monoisotopic (exact) mass is 304 g/mol. The van der Waals surface area contributed by atoms with Crippen molar-refractivity contribution in [2.75, 3.05) is 18.0 Å². The molecule has 0 spiro atoms. The van der Waals surface area contributed by atoms with E-state index in [1.54, 1.807) is 0 Å². The first-order valence-corrected chi connectivity index (χ1v) is 7.19. The normalized spacial score (nSPS) is 23.4. The van der Waals surface area contributed by atoms with Crippen LogP contribution in [0.5, 0.6) is 0 Å². The van der Waals surface area contributed by atoms with Crippen molar-refractivity contribution < 1.29 is 13.2 Å².